The zero-order valence-corrected chi connectivity index (χ0v) is 30.8. The summed E-state index contributed by atoms with van der Waals surface area (Å²) in [5.41, 5.74) is 4.50. The molecule has 270 valence electrons. The van der Waals surface area contributed by atoms with Gasteiger partial charge >= 0.3 is 12.1 Å². The molecule has 3 aliphatic heterocycles. The summed E-state index contributed by atoms with van der Waals surface area (Å²) in [6.07, 6.45) is 8.48. The van der Waals surface area contributed by atoms with Gasteiger partial charge < -0.3 is 33.3 Å². The second-order valence-corrected chi connectivity index (χ2v) is 15.5. The molecule has 1 unspecified atom stereocenters. The summed E-state index contributed by atoms with van der Waals surface area (Å²) in [5.74, 6) is 0.716. The van der Waals surface area contributed by atoms with Crippen LogP contribution in [0.3, 0.4) is 0 Å². The molecule has 13 heteroatoms. The zero-order chi connectivity index (χ0) is 35.4. The molecule has 6 heterocycles. The Hall–Kier alpha value is -4.13. The molecule has 12 nitrogen and oxygen atoms in total. The zero-order valence-electron chi connectivity index (χ0n) is 30.1. The number of aromatic nitrogens is 4. The number of anilines is 1. The van der Waals surface area contributed by atoms with Gasteiger partial charge in [-0.25, -0.2) is 9.48 Å². The number of ether oxygens (including phenoxy) is 3. The number of benzene rings is 2. The molecule has 0 saturated carbocycles. The number of rotatable bonds is 6. The van der Waals surface area contributed by atoms with Crippen LogP contribution in [0, 0.1) is 6.92 Å². The van der Waals surface area contributed by atoms with Gasteiger partial charge in [0.15, 0.2) is 6.23 Å². The quantitative estimate of drug-likeness (QED) is 0.174. The molecule has 3 aliphatic rings. The van der Waals surface area contributed by atoms with E-state index in [1.165, 1.54) is 0 Å². The first-order valence-electron chi connectivity index (χ1n) is 18.1. The number of furan rings is 1. The van der Waals surface area contributed by atoms with Gasteiger partial charge in [-0.1, -0.05) is 11.6 Å². The smallest absolute Gasteiger partial charge is 0.410 e. The van der Waals surface area contributed by atoms with Crippen molar-refractivity contribution in [3.63, 3.8) is 0 Å². The Morgan fingerprint density at radius 2 is 1.86 bits per heavy atom. The fraction of sp³-hybridized carbons (Fsp3) is 0.526. The van der Waals surface area contributed by atoms with E-state index in [0.29, 0.717) is 66.8 Å². The number of fused-ring (bicyclic) bond motifs is 4. The maximum Gasteiger partial charge on any atom is 0.410 e. The van der Waals surface area contributed by atoms with Crippen molar-refractivity contribution in [1.82, 2.24) is 29.5 Å². The Morgan fingerprint density at radius 3 is 2.59 bits per heavy atom. The summed E-state index contributed by atoms with van der Waals surface area (Å²) in [7, 11) is 2.13. The van der Waals surface area contributed by atoms with E-state index in [-0.39, 0.29) is 12.3 Å². The molecule has 0 radical (unpaired) electrons. The highest BCUT2D eigenvalue weighted by Crippen LogP contribution is 2.45. The van der Waals surface area contributed by atoms with Gasteiger partial charge in [0, 0.05) is 55.2 Å². The molecular formula is C38H46ClN7O5. The normalized spacial score (nSPS) is 20.6. The lowest BCUT2D eigenvalue weighted by molar-refractivity contribution is -0.0366. The highest BCUT2D eigenvalue weighted by Gasteiger charge is 2.30. The second-order valence-electron chi connectivity index (χ2n) is 15.1. The molecule has 2 atom stereocenters. The van der Waals surface area contributed by atoms with Crippen molar-refractivity contribution in [1.29, 1.82) is 0 Å². The first-order valence-corrected chi connectivity index (χ1v) is 18.5. The van der Waals surface area contributed by atoms with Crippen LogP contribution in [0.5, 0.6) is 6.01 Å². The van der Waals surface area contributed by atoms with Crippen molar-refractivity contribution in [3.05, 3.63) is 41.2 Å². The predicted octanol–water partition coefficient (Wildman–Crippen LogP) is 7.58. The third-order valence-corrected chi connectivity index (χ3v) is 10.9. The molecule has 3 aromatic heterocycles. The number of aryl methyl sites for hydroxylation is 1. The number of carbonyl (C=O) groups is 1. The van der Waals surface area contributed by atoms with Crippen LogP contribution in [0.2, 0.25) is 5.02 Å². The third kappa shape index (κ3) is 6.46. The van der Waals surface area contributed by atoms with Crippen molar-refractivity contribution in [2.75, 3.05) is 57.9 Å². The average molecular weight is 716 g/mol. The molecule has 51 heavy (non-hydrogen) atoms. The maximum absolute atomic E-state index is 12.9. The summed E-state index contributed by atoms with van der Waals surface area (Å²) in [5, 5.41) is 8.12. The van der Waals surface area contributed by atoms with E-state index in [2.05, 4.69) is 29.0 Å². The minimum Gasteiger partial charge on any atom is -0.463 e. The van der Waals surface area contributed by atoms with Crippen LogP contribution in [0.15, 0.2) is 35.1 Å². The van der Waals surface area contributed by atoms with Gasteiger partial charge in [-0.3, -0.25) is 0 Å². The Labute approximate surface area is 302 Å². The number of likely N-dealkylation sites (tertiary alicyclic amines) is 1. The number of nitrogens with zero attached hydrogens (tertiary/aromatic N) is 7. The summed E-state index contributed by atoms with van der Waals surface area (Å²) < 4.78 is 26.5. The second kappa shape index (κ2) is 13.4. The lowest BCUT2D eigenvalue weighted by Crippen LogP contribution is -2.50. The van der Waals surface area contributed by atoms with Gasteiger partial charge in [0.25, 0.3) is 0 Å². The Bertz CT molecular complexity index is 2090. The van der Waals surface area contributed by atoms with E-state index < -0.39 is 5.60 Å². The fourth-order valence-electron chi connectivity index (χ4n) is 7.69. The van der Waals surface area contributed by atoms with Crippen LogP contribution < -0.4 is 9.64 Å². The highest BCUT2D eigenvalue weighted by atomic mass is 35.5. The van der Waals surface area contributed by atoms with Crippen LogP contribution in [0.4, 0.5) is 10.6 Å². The van der Waals surface area contributed by atoms with Crippen molar-refractivity contribution in [2.45, 2.75) is 77.7 Å². The summed E-state index contributed by atoms with van der Waals surface area (Å²) in [4.78, 5) is 29.2. The monoisotopic (exact) mass is 715 g/mol. The molecule has 5 aromatic rings. The SMILES string of the molecule is Cc1cc2c(cnn2C2CCCCO2)c(-c2cc3nc(OC[C@@H]4CCCN4C)nc(N4CCN(C(=O)OC(C)(C)C)CC4)c3c3occc23)c1Cl. The molecule has 8 rings (SSSR count). The number of halogens is 1. The average Bonchev–Trinajstić information content (AvgIpc) is 3.87. The molecule has 0 bridgehead atoms. The van der Waals surface area contributed by atoms with E-state index in [9.17, 15) is 4.79 Å². The Balaban J connectivity index is 1.24. The number of likely N-dealkylation sites (N-methyl/N-ethyl adjacent to an activating group) is 1. The third-order valence-electron chi connectivity index (χ3n) is 10.4. The van der Waals surface area contributed by atoms with E-state index in [1.807, 2.05) is 44.6 Å². The van der Waals surface area contributed by atoms with Gasteiger partial charge in [0.05, 0.1) is 33.9 Å². The molecule has 2 aromatic carbocycles. The maximum atomic E-state index is 12.9. The van der Waals surface area contributed by atoms with Crippen molar-refractivity contribution in [2.24, 2.45) is 0 Å². The van der Waals surface area contributed by atoms with Gasteiger partial charge in [0.2, 0.25) is 0 Å². The molecule has 0 aliphatic carbocycles. The molecule has 3 saturated heterocycles. The number of carbonyl (C=O) groups excluding carboxylic acids is 1. The number of hydrogen-bond acceptors (Lipinski definition) is 10. The minimum atomic E-state index is -0.562. The lowest BCUT2D eigenvalue weighted by atomic mass is 9.95. The van der Waals surface area contributed by atoms with Gasteiger partial charge in [-0.2, -0.15) is 15.1 Å². The van der Waals surface area contributed by atoms with Crippen molar-refractivity contribution >= 4 is 56.3 Å². The summed E-state index contributed by atoms with van der Waals surface area (Å²) >= 11 is 7.21. The van der Waals surface area contributed by atoms with Crippen LogP contribution in [0.25, 0.3) is 43.9 Å². The van der Waals surface area contributed by atoms with E-state index in [4.69, 9.17) is 45.3 Å². The highest BCUT2D eigenvalue weighted by molar-refractivity contribution is 6.36. The van der Waals surface area contributed by atoms with Crippen molar-refractivity contribution < 1.29 is 23.4 Å². The van der Waals surface area contributed by atoms with Crippen LogP contribution in [-0.4, -0.2) is 100 Å². The Morgan fingerprint density at radius 1 is 1.04 bits per heavy atom. The van der Waals surface area contributed by atoms with Gasteiger partial charge in [0.1, 0.15) is 23.6 Å². The standard InChI is InChI=1S/C38H46ClN7O5/c1-23-19-29-27(21-40-46(29)30-10-6-7-17-48-30)31(33(23)39)26-20-28-32(34-25(26)11-18-49-34)35(42-36(41-28)50-22-24-9-8-12-43(24)5)44-13-15-45(16-14-44)37(47)51-38(2,3)4/h11,18-21,24,30H,6-10,12-17,22H2,1-5H3/t24-,30?/m0/s1. The topological polar surface area (TPSA) is 111 Å². The first-order chi connectivity index (χ1) is 24.6. The fourth-order valence-corrected chi connectivity index (χ4v) is 7.94. The lowest BCUT2D eigenvalue weighted by Gasteiger charge is -2.36. The Kier molecular flexibility index (Phi) is 8.96. The molecule has 0 spiro atoms. The van der Waals surface area contributed by atoms with Crippen LogP contribution in [0.1, 0.15) is 64.7 Å². The molecule has 1 amide bonds. The van der Waals surface area contributed by atoms with Crippen LogP contribution >= 0.6 is 11.6 Å². The van der Waals surface area contributed by atoms with Crippen LogP contribution in [-0.2, 0) is 9.47 Å². The number of hydrogen-bond donors (Lipinski definition) is 0. The predicted molar refractivity (Wildman–Crippen MR) is 198 cm³/mol. The largest absolute Gasteiger partial charge is 0.463 e. The van der Waals surface area contributed by atoms with Gasteiger partial charge in [-0.05, 0) is 103 Å². The first kappa shape index (κ1) is 34.0. The van der Waals surface area contributed by atoms with E-state index in [1.54, 1.807) is 11.2 Å². The minimum absolute atomic E-state index is 0.111. The molecule has 3 fully saturated rings. The van der Waals surface area contributed by atoms with Crippen molar-refractivity contribution in [3.8, 4) is 17.1 Å². The number of piperazine rings is 1. The number of amides is 1. The summed E-state index contributed by atoms with van der Waals surface area (Å²) in [6, 6.07) is 6.78. The van der Waals surface area contributed by atoms with E-state index in [0.717, 1.165) is 83.6 Å². The molecule has 0 N–H and O–H groups in total. The van der Waals surface area contributed by atoms with Gasteiger partial charge in [-0.15, -0.1) is 0 Å². The van der Waals surface area contributed by atoms with E-state index >= 15 is 0 Å². The summed E-state index contributed by atoms with van der Waals surface area (Å²) in [6.45, 7) is 12.1. The molecular weight excluding hydrogens is 670 g/mol.